The summed E-state index contributed by atoms with van der Waals surface area (Å²) in [4.78, 5) is 16.9. The van der Waals surface area contributed by atoms with E-state index in [-0.39, 0.29) is 5.91 Å². The molecule has 1 heterocycles. The first kappa shape index (κ1) is 17.5. The molecule has 4 nitrogen and oxygen atoms in total. The standard InChI is InChI=1S/C21H26N2O2/c1-25-20-11-5-7-18(17-20)8-6-12-22-13-15-23(16-14-22)21(24)19-9-3-2-4-10-19/h2-5,7,9-11,17H,6,8,12-16H2,1H3. The lowest BCUT2D eigenvalue weighted by molar-refractivity contribution is 0.0636. The molecular formula is C21H26N2O2. The number of hydrogen-bond donors (Lipinski definition) is 0. The maximum Gasteiger partial charge on any atom is 0.253 e. The Morgan fingerprint density at radius 2 is 1.76 bits per heavy atom. The number of ether oxygens (including phenoxy) is 1. The van der Waals surface area contributed by atoms with Crippen LogP contribution in [0.3, 0.4) is 0 Å². The summed E-state index contributed by atoms with van der Waals surface area (Å²) >= 11 is 0. The van der Waals surface area contributed by atoms with Crippen LogP contribution in [-0.4, -0.2) is 55.5 Å². The summed E-state index contributed by atoms with van der Waals surface area (Å²) in [7, 11) is 1.70. The van der Waals surface area contributed by atoms with E-state index in [4.69, 9.17) is 4.74 Å². The third-order valence-electron chi connectivity index (χ3n) is 4.75. The summed E-state index contributed by atoms with van der Waals surface area (Å²) in [5, 5.41) is 0. The van der Waals surface area contributed by atoms with Crippen molar-refractivity contribution in [3.63, 3.8) is 0 Å². The van der Waals surface area contributed by atoms with E-state index in [1.165, 1.54) is 5.56 Å². The molecule has 1 fully saturated rings. The first-order chi connectivity index (χ1) is 12.3. The minimum absolute atomic E-state index is 0.150. The van der Waals surface area contributed by atoms with Gasteiger partial charge >= 0.3 is 0 Å². The van der Waals surface area contributed by atoms with Crippen molar-refractivity contribution in [1.29, 1.82) is 0 Å². The van der Waals surface area contributed by atoms with Crippen molar-refractivity contribution in [3.8, 4) is 5.75 Å². The first-order valence-electron chi connectivity index (χ1n) is 8.96. The maximum absolute atomic E-state index is 12.5. The highest BCUT2D eigenvalue weighted by molar-refractivity contribution is 5.94. The quantitative estimate of drug-likeness (QED) is 0.811. The van der Waals surface area contributed by atoms with Gasteiger partial charge in [0.05, 0.1) is 7.11 Å². The van der Waals surface area contributed by atoms with E-state index in [9.17, 15) is 4.79 Å². The van der Waals surface area contributed by atoms with E-state index in [0.717, 1.165) is 56.9 Å². The number of amides is 1. The van der Waals surface area contributed by atoms with Gasteiger partial charge in [-0.15, -0.1) is 0 Å². The molecule has 2 aromatic carbocycles. The molecule has 132 valence electrons. The molecule has 1 saturated heterocycles. The Balaban J connectivity index is 1.41. The zero-order valence-corrected chi connectivity index (χ0v) is 14.9. The zero-order valence-electron chi connectivity index (χ0n) is 14.9. The monoisotopic (exact) mass is 338 g/mol. The van der Waals surface area contributed by atoms with Gasteiger partial charge in [0.25, 0.3) is 5.91 Å². The number of piperazine rings is 1. The molecule has 2 aromatic rings. The van der Waals surface area contributed by atoms with Crippen LogP contribution in [0.5, 0.6) is 5.75 Å². The van der Waals surface area contributed by atoms with E-state index >= 15 is 0 Å². The third kappa shape index (κ3) is 4.83. The topological polar surface area (TPSA) is 32.8 Å². The predicted molar refractivity (Wildman–Crippen MR) is 100 cm³/mol. The molecule has 0 N–H and O–H groups in total. The largest absolute Gasteiger partial charge is 0.497 e. The first-order valence-corrected chi connectivity index (χ1v) is 8.96. The fourth-order valence-electron chi connectivity index (χ4n) is 3.27. The number of hydrogen-bond acceptors (Lipinski definition) is 3. The second kappa shape index (κ2) is 8.67. The van der Waals surface area contributed by atoms with Gasteiger partial charge in [0.15, 0.2) is 0 Å². The molecule has 0 aliphatic carbocycles. The summed E-state index contributed by atoms with van der Waals surface area (Å²) in [5.74, 6) is 1.07. The number of rotatable bonds is 6. The molecule has 0 spiro atoms. The highest BCUT2D eigenvalue weighted by Crippen LogP contribution is 2.15. The van der Waals surface area contributed by atoms with Gasteiger partial charge in [-0.25, -0.2) is 0 Å². The summed E-state index contributed by atoms with van der Waals surface area (Å²) in [6.07, 6.45) is 2.18. The van der Waals surface area contributed by atoms with Crippen molar-refractivity contribution < 1.29 is 9.53 Å². The van der Waals surface area contributed by atoms with Crippen LogP contribution in [-0.2, 0) is 6.42 Å². The predicted octanol–water partition coefficient (Wildman–Crippen LogP) is 3.09. The molecule has 0 radical (unpaired) electrons. The van der Waals surface area contributed by atoms with Crippen LogP contribution in [0.4, 0.5) is 0 Å². The smallest absolute Gasteiger partial charge is 0.253 e. The Bertz CT molecular complexity index is 679. The fraction of sp³-hybridized carbons (Fsp3) is 0.381. The number of carbonyl (C=O) groups is 1. The minimum atomic E-state index is 0.150. The van der Waals surface area contributed by atoms with Gasteiger partial charge < -0.3 is 9.64 Å². The van der Waals surface area contributed by atoms with Gasteiger partial charge in [-0.05, 0) is 49.2 Å². The molecule has 0 saturated carbocycles. The molecule has 1 aliphatic rings. The van der Waals surface area contributed by atoms with Gasteiger partial charge in [0.1, 0.15) is 5.75 Å². The molecule has 3 rings (SSSR count). The minimum Gasteiger partial charge on any atom is -0.497 e. The van der Waals surface area contributed by atoms with Crippen molar-refractivity contribution in [2.24, 2.45) is 0 Å². The van der Waals surface area contributed by atoms with E-state index in [1.54, 1.807) is 7.11 Å². The van der Waals surface area contributed by atoms with E-state index in [2.05, 4.69) is 17.0 Å². The molecule has 0 atom stereocenters. The number of methoxy groups -OCH3 is 1. The number of aryl methyl sites for hydroxylation is 1. The van der Waals surface area contributed by atoms with Crippen molar-refractivity contribution in [3.05, 3.63) is 65.7 Å². The van der Waals surface area contributed by atoms with Crippen molar-refractivity contribution in [1.82, 2.24) is 9.80 Å². The Kier molecular flexibility index (Phi) is 6.07. The lowest BCUT2D eigenvalue weighted by Crippen LogP contribution is -2.48. The highest BCUT2D eigenvalue weighted by atomic mass is 16.5. The normalized spacial score (nSPS) is 15.2. The van der Waals surface area contributed by atoms with Crippen LogP contribution in [0.2, 0.25) is 0 Å². The van der Waals surface area contributed by atoms with E-state index < -0.39 is 0 Å². The summed E-state index contributed by atoms with van der Waals surface area (Å²) in [6.45, 7) is 4.61. The number of nitrogens with zero attached hydrogens (tertiary/aromatic N) is 2. The Labute approximate surface area is 150 Å². The van der Waals surface area contributed by atoms with Gasteiger partial charge in [-0.3, -0.25) is 9.69 Å². The SMILES string of the molecule is COc1cccc(CCCN2CCN(C(=O)c3ccccc3)CC2)c1. The molecule has 0 bridgehead atoms. The molecule has 0 unspecified atom stereocenters. The maximum atomic E-state index is 12.5. The molecule has 25 heavy (non-hydrogen) atoms. The van der Waals surface area contributed by atoms with E-state index in [1.807, 2.05) is 47.4 Å². The Morgan fingerprint density at radius 3 is 2.48 bits per heavy atom. The van der Waals surface area contributed by atoms with Crippen molar-refractivity contribution in [2.75, 3.05) is 39.8 Å². The van der Waals surface area contributed by atoms with Crippen molar-refractivity contribution in [2.45, 2.75) is 12.8 Å². The number of carbonyl (C=O) groups excluding carboxylic acids is 1. The van der Waals surface area contributed by atoms with Crippen LogP contribution >= 0.6 is 0 Å². The Hall–Kier alpha value is -2.33. The molecule has 1 amide bonds. The zero-order chi connectivity index (χ0) is 17.5. The van der Waals surface area contributed by atoms with Gasteiger partial charge in [-0.2, -0.15) is 0 Å². The molecule has 1 aliphatic heterocycles. The second-order valence-corrected chi connectivity index (χ2v) is 6.45. The number of benzene rings is 2. The summed E-state index contributed by atoms with van der Waals surface area (Å²) in [5.41, 5.74) is 2.10. The fourth-order valence-corrected chi connectivity index (χ4v) is 3.27. The Morgan fingerprint density at radius 1 is 1.00 bits per heavy atom. The summed E-state index contributed by atoms with van der Waals surface area (Å²) in [6, 6.07) is 17.8. The second-order valence-electron chi connectivity index (χ2n) is 6.45. The van der Waals surface area contributed by atoms with Gasteiger partial charge in [0.2, 0.25) is 0 Å². The highest BCUT2D eigenvalue weighted by Gasteiger charge is 2.21. The lowest BCUT2D eigenvalue weighted by Gasteiger charge is -2.34. The van der Waals surface area contributed by atoms with Crippen molar-refractivity contribution >= 4 is 5.91 Å². The summed E-state index contributed by atoms with van der Waals surface area (Å²) < 4.78 is 5.27. The lowest BCUT2D eigenvalue weighted by atomic mass is 10.1. The van der Waals surface area contributed by atoms with E-state index in [0.29, 0.717) is 0 Å². The average Bonchev–Trinajstić information content (AvgIpc) is 2.69. The van der Waals surface area contributed by atoms with Crippen LogP contribution in [0.15, 0.2) is 54.6 Å². The average molecular weight is 338 g/mol. The molecule has 4 heteroatoms. The van der Waals surface area contributed by atoms with Crippen LogP contribution in [0.1, 0.15) is 22.3 Å². The van der Waals surface area contributed by atoms with Crippen LogP contribution < -0.4 is 4.74 Å². The molecule has 0 aromatic heterocycles. The van der Waals surface area contributed by atoms with Crippen LogP contribution in [0.25, 0.3) is 0 Å². The third-order valence-corrected chi connectivity index (χ3v) is 4.75. The van der Waals surface area contributed by atoms with Crippen LogP contribution in [0, 0.1) is 0 Å². The van der Waals surface area contributed by atoms with Gasteiger partial charge in [-0.1, -0.05) is 30.3 Å². The van der Waals surface area contributed by atoms with Gasteiger partial charge in [0, 0.05) is 31.7 Å². The molecular weight excluding hydrogens is 312 g/mol.